The molecule has 2 nitrogen and oxygen atoms in total. The molecule has 1 rings (SSSR count). The third-order valence-corrected chi connectivity index (χ3v) is 2.23. The molecule has 0 aromatic heterocycles. The lowest BCUT2D eigenvalue weighted by molar-refractivity contribution is -0.163. The molecule has 20 heavy (non-hydrogen) atoms. The van der Waals surface area contributed by atoms with Gasteiger partial charge in [-0.25, -0.2) is 0 Å². The van der Waals surface area contributed by atoms with E-state index in [0.717, 1.165) is 0 Å². The van der Waals surface area contributed by atoms with Crippen molar-refractivity contribution in [3.8, 4) is 5.75 Å². The second-order valence-corrected chi connectivity index (χ2v) is 3.60. The first-order valence-corrected chi connectivity index (χ1v) is 4.54. The lowest BCUT2D eigenvalue weighted by atomic mass is 9.99. The van der Waals surface area contributed by atoms with E-state index < -0.39 is 52.7 Å². The van der Waals surface area contributed by atoms with Crippen molar-refractivity contribution < 1.29 is 44.6 Å². The summed E-state index contributed by atoms with van der Waals surface area (Å²) < 4.78 is 112. The summed E-state index contributed by atoms with van der Waals surface area (Å²) in [4.78, 5) is 0. The van der Waals surface area contributed by atoms with Gasteiger partial charge in [0.15, 0.2) is 5.75 Å². The SMILES string of the molecule is Nc1c(O)c(C(F)(F)F)cc(C(F)(F)F)c1C(F)(F)F. The number of nitrogen functional groups attached to an aromatic ring is 1. The van der Waals surface area contributed by atoms with Crippen LogP contribution < -0.4 is 5.73 Å². The average Bonchev–Trinajstić information content (AvgIpc) is 2.15. The molecule has 0 saturated heterocycles. The molecule has 1 aromatic carbocycles. The number of benzene rings is 1. The molecule has 0 radical (unpaired) electrons. The fourth-order valence-corrected chi connectivity index (χ4v) is 1.44. The Bertz CT molecular complexity index is 526. The van der Waals surface area contributed by atoms with Gasteiger partial charge in [0, 0.05) is 0 Å². The van der Waals surface area contributed by atoms with Crippen LogP contribution in [-0.2, 0) is 18.5 Å². The third kappa shape index (κ3) is 2.85. The Morgan fingerprint density at radius 1 is 0.750 bits per heavy atom. The molecule has 0 atom stereocenters. The fourth-order valence-electron chi connectivity index (χ4n) is 1.44. The minimum atomic E-state index is -5.73. The predicted octanol–water partition coefficient (Wildman–Crippen LogP) is 4.03. The summed E-state index contributed by atoms with van der Waals surface area (Å²) in [5, 5.41) is 8.96. The molecule has 0 aliphatic rings. The van der Waals surface area contributed by atoms with Crippen LogP contribution in [0.2, 0.25) is 0 Å². The average molecular weight is 313 g/mol. The van der Waals surface area contributed by atoms with Gasteiger partial charge in [-0.1, -0.05) is 0 Å². The Morgan fingerprint density at radius 2 is 1.15 bits per heavy atom. The van der Waals surface area contributed by atoms with Gasteiger partial charge in [0.2, 0.25) is 0 Å². The maximum absolute atomic E-state index is 12.5. The highest BCUT2D eigenvalue weighted by Gasteiger charge is 2.48. The van der Waals surface area contributed by atoms with E-state index in [1.54, 1.807) is 0 Å². The maximum Gasteiger partial charge on any atom is 0.420 e. The van der Waals surface area contributed by atoms with Gasteiger partial charge in [-0.15, -0.1) is 0 Å². The highest BCUT2D eigenvalue weighted by atomic mass is 19.4. The van der Waals surface area contributed by atoms with E-state index in [1.165, 1.54) is 0 Å². The molecular formula is C9H4F9NO. The van der Waals surface area contributed by atoms with Gasteiger partial charge in [0.05, 0.1) is 22.4 Å². The predicted molar refractivity (Wildman–Crippen MR) is 47.5 cm³/mol. The first kappa shape index (κ1) is 16.2. The summed E-state index contributed by atoms with van der Waals surface area (Å²) in [6.45, 7) is 0. The Labute approximate surface area is 104 Å². The van der Waals surface area contributed by atoms with Crippen LogP contribution in [0.25, 0.3) is 0 Å². The molecule has 0 aliphatic heterocycles. The molecular weight excluding hydrogens is 309 g/mol. The molecule has 0 spiro atoms. The molecule has 3 N–H and O–H groups in total. The minimum Gasteiger partial charge on any atom is -0.505 e. The van der Waals surface area contributed by atoms with Crippen molar-refractivity contribution in [3.05, 3.63) is 22.8 Å². The number of phenolic OH excluding ortho intramolecular Hbond substituents is 1. The summed E-state index contributed by atoms with van der Waals surface area (Å²) in [7, 11) is 0. The number of nitrogens with two attached hydrogens (primary N) is 1. The van der Waals surface area contributed by atoms with Crippen LogP contribution in [0.15, 0.2) is 6.07 Å². The molecule has 0 unspecified atom stereocenters. The zero-order chi connectivity index (χ0) is 16.1. The van der Waals surface area contributed by atoms with Crippen LogP contribution in [-0.4, -0.2) is 5.11 Å². The number of rotatable bonds is 0. The number of halogens is 9. The first-order valence-electron chi connectivity index (χ1n) is 4.54. The molecule has 114 valence electrons. The molecule has 11 heteroatoms. The summed E-state index contributed by atoms with van der Waals surface area (Å²) in [6.07, 6.45) is -16.9. The van der Waals surface area contributed by atoms with E-state index in [2.05, 4.69) is 5.73 Å². The summed E-state index contributed by atoms with van der Waals surface area (Å²) in [5.74, 6) is -2.10. The van der Waals surface area contributed by atoms with Gasteiger partial charge >= 0.3 is 18.5 Å². The number of alkyl halides is 9. The number of phenols is 1. The summed E-state index contributed by atoms with van der Waals surface area (Å²) in [6, 6.07) is -0.825. The molecule has 0 fully saturated rings. The number of anilines is 1. The normalized spacial score (nSPS) is 13.7. The maximum atomic E-state index is 12.5. The van der Waals surface area contributed by atoms with Crippen molar-refractivity contribution in [3.63, 3.8) is 0 Å². The number of hydrogen-bond donors (Lipinski definition) is 2. The van der Waals surface area contributed by atoms with Crippen molar-refractivity contribution in [2.75, 3.05) is 5.73 Å². The van der Waals surface area contributed by atoms with E-state index in [9.17, 15) is 39.5 Å². The highest BCUT2D eigenvalue weighted by molar-refractivity contribution is 5.66. The van der Waals surface area contributed by atoms with E-state index in [0.29, 0.717) is 0 Å². The first-order chi connectivity index (χ1) is 8.67. The zero-order valence-electron chi connectivity index (χ0n) is 9.00. The van der Waals surface area contributed by atoms with Gasteiger partial charge in [-0.2, -0.15) is 39.5 Å². The molecule has 0 amide bonds. The third-order valence-electron chi connectivity index (χ3n) is 2.23. The van der Waals surface area contributed by atoms with Crippen molar-refractivity contribution in [2.45, 2.75) is 18.5 Å². The van der Waals surface area contributed by atoms with E-state index in [1.807, 2.05) is 0 Å². The van der Waals surface area contributed by atoms with Gasteiger partial charge in [-0.3, -0.25) is 0 Å². The largest absolute Gasteiger partial charge is 0.505 e. The molecule has 0 heterocycles. The van der Waals surface area contributed by atoms with Crippen LogP contribution in [0.5, 0.6) is 5.75 Å². The van der Waals surface area contributed by atoms with Crippen LogP contribution in [0, 0.1) is 0 Å². The van der Waals surface area contributed by atoms with Crippen molar-refractivity contribution in [1.29, 1.82) is 0 Å². The lowest BCUT2D eigenvalue weighted by Crippen LogP contribution is -2.21. The van der Waals surface area contributed by atoms with Crippen molar-refractivity contribution in [2.24, 2.45) is 0 Å². The minimum absolute atomic E-state index is 0.825. The van der Waals surface area contributed by atoms with Crippen LogP contribution in [0.3, 0.4) is 0 Å². The fraction of sp³-hybridized carbons (Fsp3) is 0.333. The van der Waals surface area contributed by atoms with E-state index in [-0.39, 0.29) is 0 Å². The molecule has 0 aliphatic carbocycles. The van der Waals surface area contributed by atoms with Crippen molar-refractivity contribution in [1.82, 2.24) is 0 Å². The quantitative estimate of drug-likeness (QED) is 0.431. The van der Waals surface area contributed by atoms with E-state index >= 15 is 0 Å². The standard InChI is InChI=1S/C9H4F9NO/c10-7(11,12)2-1-3(8(13,14)15)6(20)5(19)4(2)9(16,17)18/h1,20H,19H2. The highest BCUT2D eigenvalue weighted by Crippen LogP contribution is 2.50. The zero-order valence-corrected chi connectivity index (χ0v) is 9.00. The van der Waals surface area contributed by atoms with Crippen molar-refractivity contribution >= 4 is 5.69 Å². The van der Waals surface area contributed by atoms with Crippen LogP contribution in [0.1, 0.15) is 16.7 Å². The Hall–Kier alpha value is -1.81. The van der Waals surface area contributed by atoms with Gasteiger partial charge in [0.1, 0.15) is 0 Å². The number of hydrogen-bond acceptors (Lipinski definition) is 2. The van der Waals surface area contributed by atoms with Gasteiger partial charge in [-0.05, 0) is 6.07 Å². The molecule has 0 saturated carbocycles. The van der Waals surface area contributed by atoms with Gasteiger partial charge < -0.3 is 10.8 Å². The number of aromatic hydroxyl groups is 1. The second-order valence-electron chi connectivity index (χ2n) is 3.60. The monoisotopic (exact) mass is 313 g/mol. The van der Waals surface area contributed by atoms with Crippen LogP contribution in [0.4, 0.5) is 45.2 Å². The Balaban J connectivity index is 3.85. The lowest BCUT2D eigenvalue weighted by Gasteiger charge is -2.21. The Morgan fingerprint density at radius 3 is 1.45 bits per heavy atom. The molecule has 1 aromatic rings. The molecule has 0 bridgehead atoms. The Kier molecular flexibility index (Phi) is 3.53. The smallest absolute Gasteiger partial charge is 0.420 e. The van der Waals surface area contributed by atoms with Crippen LogP contribution >= 0.6 is 0 Å². The summed E-state index contributed by atoms with van der Waals surface area (Å²) in [5.41, 5.74) is -4.91. The summed E-state index contributed by atoms with van der Waals surface area (Å²) >= 11 is 0. The second kappa shape index (κ2) is 4.35. The van der Waals surface area contributed by atoms with Gasteiger partial charge in [0.25, 0.3) is 0 Å². The van der Waals surface area contributed by atoms with E-state index in [4.69, 9.17) is 5.11 Å². The topological polar surface area (TPSA) is 46.2 Å².